The van der Waals surface area contributed by atoms with Gasteiger partial charge in [-0.05, 0) is 31.2 Å². The Morgan fingerprint density at radius 1 is 1.08 bits per heavy atom. The molecule has 0 aliphatic heterocycles. The summed E-state index contributed by atoms with van der Waals surface area (Å²) in [6.07, 6.45) is 0. The number of hydrogen-bond donors (Lipinski definition) is 1. The maximum Gasteiger partial charge on any atom is 0.347 e. The van der Waals surface area contributed by atoms with Crippen LogP contribution in [0.3, 0.4) is 0 Å². The summed E-state index contributed by atoms with van der Waals surface area (Å²) in [6.45, 7) is 1.71. The maximum atomic E-state index is 11.2. The van der Waals surface area contributed by atoms with Crippen LogP contribution >= 0.6 is 22.7 Å². The minimum absolute atomic E-state index is 0.280. The highest BCUT2D eigenvalue weighted by Gasteiger charge is 2.17. The summed E-state index contributed by atoms with van der Waals surface area (Å²) in [5.74, 6) is 0.517. The Balaban J connectivity index is 1.99. The Bertz CT molecular complexity index is 898. The second-order valence-corrected chi connectivity index (χ2v) is 7.05. The van der Waals surface area contributed by atoms with Gasteiger partial charge in [0.1, 0.15) is 21.4 Å². The summed E-state index contributed by atoms with van der Waals surface area (Å²) in [7, 11) is 3.23. The second-order valence-electron chi connectivity index (χ2n) is 4.97. The molecule has 0 spiro atoms. The number of nitrogens with zero attached hydrogens (tertiary/aromatic N) is 1. The predicted molar refractivity (Wildman–Crippen MR) is 95.7 cm³/mol. The van der Waals surface area contributed by atoms with Gasteiger partial charge in [0.05, 0.1) is 24.8 Å². The van der Waals surface area contributed by atoms with Crippen molar-refractivity contribution in [2.45, 2.75) is 6.92 Å². The molecule has 2 aromatic heterocycles. The quantitative estimate of drug-likeness (QED) is 0.721. The van der Waals surface area contributed by atoms with Crippen LogP contribution in [-0.2, 0) is 0 Å². The zero-order valence-electron chi connectivity index (χ0n) is 13.3. The zero-order chi connectivity index (χ0) is 17.3. The second kappa shape index (κ2) is 6.62. The summed E-state index contributed by atoms with van der Waals surface area (Å²) in [6, 6.07) is 9.61. The van der Waals surface area contributed by atoms with Gasteiger partial charge >= 0.3 is 5.97 Å². The van der Waals surface area contributed by atoms with Gasteiger partial charge in [-0.25, -0.2) is 9.78 Å². The van der Waals surface area contributed by atoms with Crippen LogP contribution in [0.4, 0.5) is 0 Å². The molecule has 0 saturated carbocycles. The lowest BCUT2D eigenvalue weighted by Gasteiger charge is -2.08. The summed E-state index contributed by atoms with van der Waals surface area (Å²) >= 11 is 2.74. The molecule has 1 N–H and O–H groups in total. The third kappa shape index (κ3) is 3.00. The van der Waals surface area contributed by atoms with Crippen LogP contribution in [0.15, 0.2) is 30.3 Å². The number of aromatic carboxylic acids is 1. The number of thiophene rings is 1. The number of benzene rings is 1. The van der Waals surface area contributed by atoms with E-state index in [0.717, 1.165) is 26.8 Å². The van der Waals surface area contributed by atoms with Gasteiger partial charge in [-0.3, -0.25) is 0 Å². The first-order valence-electron chi connectivity index (χ1n) is 7.06. The number of aromatic nitrogens is 1. The Labute approximate surface area is 147 Å². The molecule has 0 radical (unpaired) electrons. The van der Waals surface area contributed by atoms with Crippen molar-refractivity contribution < 1.29 is 19.4 Å². The van der Waals surface area contributed by atoms with Gasteiger partial charge in [0.25, 0.3) is 0 Å². The highest BCUT2D eigenvalue weighted by atomic mass is 32.1. The lowest BCUT2D eigenvalue weighted by atomic mass is 10.1. The topological polar surface area (TPSA) is 68.7 Å². The van der Waals surface area contributed by atoms with E-state index in [0.29, 0.717) is 10.7 Å². The van der Waals surface area contributed by atoms with E-state index in [9.17, 15) is 9.90 Å². The maximum absolute atomic E-state index is 11.2. The fourth-order valence-electron chi connectivity index (χ4n) is 2.30. The molecule has 0 bridgehead atoms. The van der Waals surface area contributed by atoms with Crippen LogP contribution in [0, 0.1) is 6.92 Å². The highest BCUT2D eigenvalue weighted by Crippen LogP contribution is 2.41. The van der Waals surface area contributed by atoms with Gasteiger partial charge in [0, 0.05) is 16.5 Å². The van der Waals surface area contributed by atoms with Crippen LogP contribution in [-0.4, -0.2) is 30.3 Å². The first-order chi connectivity index (χ1) is 11.5. The third-order valence-electron chi connectivity index (χ3n) is 3.48. The van der Waals surface area contributed by atoms with Gasteiger partial charge < -0.3 is 14.6 Å². The van der Waals surface area contributed by atoms with E-state index in [2.05, 4.69) is 4.98 Å². The third-order valence-corrected chi connectivity index (χ3v) is 5.91. The molecule has 3 rings (SSSR count). The molecular formula is C17H15NO4S2. The average molecular weight is 361 g/mol. The van der Waals surface area contributed by atoms with E-state index in [1.54, 1.807) is 32.5 Å². The van der Waals surface area contributed by atoms with Crippen LogP contribution in [0.25, 0.3) is 20.3 Å². The molecular weight excluding hydrogens is 346 g/mol. The van der Waals surface area contributed by atoms with Crippen LogP contribution in [0.2, 0.25) is 0 Å². The number of thiazole rings is 1. The normalized spacial score (nSPS) is 10.6. The molecule has 7 heteroatoms. The molecule has 24 heavy (non-hydrogen) atoms. The summed E-state index contributed by atoms with van der Waals surface area (Å²) in [5, 5.41) is 9.89. The van der Waals surface area contributed by atoms with Crippen molar-refractivity contribution in [2.24, 2.45) is 0 Å². The minimum Gasteiger partial charge on any atom is -0.497 e. The number of carboxylic acid groups (broad SMARTS) is 1. The van der Waals surface area contributed by atoms with Gasteiger partial charge in [-0.2, -0.15) is 0 Å². The van der Waals surface area contributed by atoms with Crippen molar-refractivity contribution in [3.63, 3.8) is 0 Å². The first kappa shape index (κ1) is 16.5. The molecule has 0 atom stereocenters. The molecule has 0 aliphatic carbocycles. The largest absolute Gasteiger partial charge is 0.497 e. The van der Waals surface area contributed by atoms with E-state index in [4.69, 9.17) is 9.47 Å². The van der Waals surface area contributed by atoms with Crippen molar-refractivity contribution in [1.82, 2.24) is 4.98 Å². The highest BCUT2D eigenvalue weighted by molar-refractivity contribution is 7.24. The Hall–Kier alpha value is -2.38. The van der Waals surface area contributed by atoms with Gasteiger partial charge in [0.2, 0.25) is 0 Å². The molecule has 0 fully saturated rings. The van der Waals surface area contributed by atoms with Gasteiger partial charge in [-0.15, -0.1) is 22.7 Å². The first-order valence-corrected chi connectivity index (χ1v) is 8.70. The summed E-state index contributed by atoms with van der Waals surface area (Å²) in [4.78, 5) is 17.8. The lowest BCUT2D eigenvalue weighted by molar-refractivity contribution is 0.0701. The van der Waals surface area contributed by atoms with E-state index in [1.165, 1.54) is 11.3 Å². The Morgan fingerprint density at radius 2 is 1.83 bits per heavy atom. The van der Waals surface area contributed by atoms with E-state index in [-0.39, 0.29) is 4.88 Å². The van der Waals surface area contributed by atoms with Crippen LogP contribution in [0.5, 0.6) is 11.5 Å². The number of rotatable bonds is 5. The number of ether oxygens (including phenoxy) is 2. The fourth-order valence-corrected chi connectivity index (χ4v) is 4.30. The zero-order valence-corrected chi connectivity index (χ0v) is 15.0. The van der Waals surface area contributed by atoms with Crippen molar-refractivity contribution in [3.8, 4) is 31.8 Å². The molecule has 2 heterocycles. The molecule has 0 unspecified atom stereocenters. The SMILES string of the molecule is COc1ccc(-c2ccc(-c3nc(C)c(C(=O)O)s3)s2)c(OC)c1. The number of carbonyl (C=O) groups is 1. The minimum atomic E-state index is -0.940. The lowest BCUT2D eigenvalue weighted by Crippen LogP contribution is -1.94. The number of hydrogen-bond acceptors (Lipinski definition) is 6. The van der Waals surface area contributed by atoms with Gasteiger partial charge in [0.15, 0.2) is 0 Å². The molecule has 5 nitrogen and oxygen atoms in total. The molecule has 124 valence electrons. The fraction of sp³-hybridized carbons (Fsp3) is 0.176. The standard InChI is InChI=1S/C17H15NO4S2/c1-9-15(17(19)20)24-16(18-9)14-7-6-13(23-14)11-5-4-10(21-2)8-12(11)22-3/h4-8H,1-3H3,(H,19,20). The molecule has 3 aromatic rings. The Kier molecular flexibility index (Phi) is 4.55. The molecule has 0 saturated heterocycles. The number of methoxy groups -OCH3 is 2. The van der Waals surface area contributed by atoms with Crippen LogP contribution in [0.1, 0.15) is 15.4 Å². The molecule has 0 amide bonds. The van der Waals surface area contributed by atoms with E-state index >= 15 is 0 Å². The van der Waals surface area contributed by atoms with Crippen molar-refractivity contribution in [1.29, 1.82) is 0 Å². The average Bonchev–Trinajstić information content (AvgIpc) is 3.20. The smallest absolute Gasteiger partial charge is 0.347 e. The van der Waals surface area contributed by atoms with E-state index < -0.39 is 5.97 Å². The monoisotopic (exact) mass is 361 g/mol. The Morgan fingerprint density at radius 3 is 2.46 bits per heavy atom. The summed E-state index contributed by atoms with van der Waals surface area (Å²) < 4.78 is 10.7. The number of carboxylic acids is 1. The molecule has 0 aliphatic rings. The number of aryl methyl sites for hydroxylation is 1. The molecule has 1 aromatic carbocycles. The van der Waals surface area contributed by atoms with Crippen molar-refractivity contribution in [3.05, 3.63) is 40.9 Å². The van der Waals surface area contributed by atoms with Crippen LogP contribution < -0.4 is 9.47 Å². The van der Waals surface area contributed by atoms with E-state index in [1.807, 2.05) is 30.3 Å². The summed E-state index contributed by atoms with van der Waals surface area (Å²) in [5.41, 5.74) is 1.50. The predicted octanol–water partition coefficient (Wildman–Crippen LogP) is 4.56. The van der Waals surface area contributed by atoms with Crippen molar-refractivity contribution in [2.75, 3.05) is 14.2 Å². The van der Waals surface area contributed by atoms with Gasteiger partial charge in [-0.1, -0.05) is 0 Å². The van der Waals surface area contributed by atoms with Crippen molar-refractivity contribution >= 4 is 28.6 Å².